The third kappa shape index (κ3) is 5.82. The smallest absolute Gasteiger partial charge is 0.225 e. The summed E-state index contributed by atoms with van der Waals surface area (Å²) in [4.78, 5) is 18.6. The molecule has 0 saturated carbocycles. The molecule has 1 aromatic rings. The highest BCUT2D eigenvalue weighted by Gasteiger charge is 2.24. The van der Waals surface area contributed by atoms with Crippen molar-refractivity contribution in [2.24, 2.45) is 4.99 Å². The van der Waals surface area contributed by atoms with Gasteiger partial charge in [-0.25, -0.2) is 0 Å². The van der Waals surface area contributed by atoms with Crippen molar-refractivity contribution in [2.75, 3.05) is 58.3 Å². The molecule has 3 rings (SSSR count). The number of halogens is 1. The summed E-state index contributed by atoms with van der Waals surface area (Å²) in [5.41, 5.74) is 2.10. The molecule has 1 aromatic carbocycles. The lowest BCUT2D eigenvalue weighted by molar-refractivity contribution is -0.116. The molecule has 1 unspecified atom stereocenters. The van der Waals surface area contributed by atoms with E-state index >= 15 is 0 Å². The van der Waals surface area contributed by atoms with E-state index in [0.717, 1.165) is 51.0 Å². The highest BCUT2D eigenvalue weighted by Crippen LogP contribution is 2.31. The van der Waals surface area contributed by atoms with Gasteiger partial charge >= 0.3 is 0 Å². The van der Waals surface area contributed by atoms with Gasteiger partial charge in [-0.2, -0.15) is 0 Å². The maximum absolute atomic E-state index is 11.9. The maximum atomic E-state index is 11.9. The second-order valence-corrected chi connectivity index (χ2v) is 6.37. The molecule has 3 N–H and O–H groups in total. The average Bonchev–Trinajstić information content (AvgIpc) is 2.65. The molecule has 2 aliphatic rings. The Morgan fingerprint density at radius 3 is 2.85 bits per heavy atom. The summed E-state index contributed by atoms with van der Waals surface area (Å²) in [6.45, 7) is 6.09. The summed E-state index contributed by atoms with van der Waals surface area (Å²) < 4.78 is 5.36. The largest absolute Gasteiger partial charge is 0.379 e. The highest BCUT2D eigenvalue weighted by molar-refractivity contribution is 14.0. The van der Waals surface area contributed by atoms with Crippen molar-refractivity contribution in [1.82, 2.24) is 15.5 Å². The van der Waals surface area contributed by atoms with Gasteiger partial charge in [0.05, 0.1) is 13.2 Å². The fraction of sp³-hybridized carbons (Fsp3) is 0.556. The SMILES string of the molecule is CN=C(NCCN1CCOCC1)NCC1CC(=O)Nc2ccccc21.I. The second-order valence-electron chi connectivity index (χ2n) is 6.37. The normalized spacial score (nSPS) is 20.6. The number of morpholine rings is 1. The molecule has 0 bridgehead atoms. The van der Waals surface area contributed by atoms with Gasteiger partial charge in [-0.1, -0.05) is 18.2 Å². The van der Waals surface area contributed by atoms with E-state index in [4.69, 9.17) is 4.74 Å². The topological polar surface area (TPSA) is 78.0 Å². The molecule has 26 heavy (non-hydrogen) atoms. The fourth-order valence-electron chi connectivity index (χ4n) is 3.28. The number of fused-ring (bicyclic) bond motifs is 1. The fourth-order valence-corrected chi connectivity index (χ4v) is 3.28. The van der Waals surface area contributed by atoms with Crippen LogP contribution in [-0.2, 0) is 9.53 Å². The number of hydrogen-bond acceptors (Lipinski definition) is 4. The van der Waals surface area contributed by atoms with Gasteiger partial charge in [0.25, 0.3) is 0 Å². The quantitative estimate of drug-likeness (QED) is 0.341. The molecule has 8 heteroatoms. The number of carbonyl (C=O) groups is 1. The number of nitrogens with one attached hydrogen (secondary N) is 3. The molecule has 1 fully saturated rings. The number of rotatable bonds is 5. The molecule has 0 radical (unpaired) electrons. The summed E-state index contributed by atoms with van der Waals surface area (Å²) in [6.07, 6.45) is 0.495. The van der Waals surface area contributed by atoms with Crippen LogP contribution in [0, 0.1) is 0 Å². The molecule has 2 aliphatic heterocycles. The number of carbonyl (C=O) groups excluding carboxylic acids is 1. The summed E-state index contributed by atoms with van der Waals surface area (Å²) in [7, 11) is 1.77. The zero-order valence-corrected chi connectivity index (χ0v) is 17.5. The lowest BCUT2D eigenvalue weighted by Gasteiger charge is -2.28. The molecule has 0 aliphatic carbocycles. The predicted octanol–water partition coefficient (Wildman–Crippen LogP) is 1.23. The Kier molecular flexibility index (Phi) is 8.60. The Bertz CT molecular complexity index is 619. The van der Waals surface area contributed by atoms with Gasteiger partial charge < -0.3 is 20.7 Å². The summed E-state index contributed by atoms with van der Waals surface area (Å²) in [6, 6.07) is 7.99. The Morgan fingerprint density at radius 2 is 2.08 bits per heavy atom. The second kappa shape index (κ2) is 10.7. The summed E-state index contributed by atoms with van der Waals surface area (Å²) in [5, 5.41) is 9.64. The third-order valence-electron chi connectivity index (χ3n) is 4.67. The van der Waals surface area contributed by atoms with Gasteiger partial charge in [0.15, 0.2) is 5.96 Å². The first kappa shape index (κ1) is 20.9. The standard InChI is InChI=1S/C18H27N5O2.HI/c1-19-18(20-6-7-23-8-10-25-11-9-23)21-13-14-12-17(24)22-16-5-3-2-4-15(14)16;/h2-5,14H,6-13H2,1H3,(H,22,24)(H2,19,20,21);1H. The molecule has 1 atom stereocenters. The van der Waals surface area contributed by atoms with E-state index in [1.165, 1.54) is 5.56 Å². The van der Waals surface area contributed by atoms with Gasteiger partial charge in [-0.15, -0.1) is 24.0 Å². The number of guanidine groups is 1. The van der Waals surface area contributed by atoms with Crippen LogP contribution in [0.25, 0.3) is 0 Å². The van der Waals surface area contributed by atoms with E-state index in [0.29, 0.717) is 13.0 Å². The van der Waals surface area contributed by atoms with Crippen molar-refractivity contribution in [1.29, 1.82) is 0 Å². The highest BCUT2D eigenvalue weighted by atomic mass is 127. The van der Waals surface area contributed by atoms with Gasteiger partial charge in [-0.3, -0.25) is 14.7 Å². The van der Waals surface area contributed by atoms with Crippen LogP contribution in [0.2, 0.25) is 0 Å². The predicted molar refractivity (Wildman–Crippen MR) is 114 cm³/mol. The average molecular weight is 473 g/mol. The zero-order valence-electron chi connectivity index (χ0n) is 15.2. The molecule has 0 aromatic heterocycles. The molecular formula is C18H28IN5O2. The third-order valence-corrected chi connectivity index (χ3v) is 4.67. The van der Waals surface area contributed by atoms with E-state index in [9.17, 15) is 4.79 Å². The van der Waals surface area contributed by atoms with Gasteiger partial charge in [0.1, 0.15) is 0 Å². The maximum Gasteiger partial charge on any atom is 0.225 e. The number of ether oxygens (including phenoxy) is 1. The van der Waals surface area contributed by atoms with Crippen LogP contribution in [0.4, 0.5) is 5.69 Å². The van der Waals surface area contributed by atoms with Crippen molar-refractivity contribution < 1.29 is 9.53 Å². The zero-order chi connectivity index (χ0) is 17.5. The summed E-state index contributed by atoms with van der Waals surface area (Å²) >= 11 is 0. The number of nitrogens with zero attached hydrogens (tertiary/aromatic N) is 2. The number of amides is 1. The van der Waals surface area contributed by atoms with Crippen LogP contribution in [-0.4, -0.2) is 69.8 Å². The number of aliphatic imine (C=N–C) groups is 1. The van der Waals surface area contributed by atoms with E-state index in [1.807, 2.05) is 18.2 Å². The van der Waals surface area contributed by atoms with Crippen molar-refractivity contribution in [3.63, 3.8) is 0 Å². The van der Waals surface area contributed by atoms with Gasteiger partial charge in [0, 0.05) is 57.8 Å². The van der Waals surface area contributed by atoms with Crippen LogP contribution >= 0.6 is 24.0 Å². The van der Waals surface area contributed by atoms with Crippen molar-refractivity contribution in [2.45, 2.75) is 12.3 Å². The van der Waals surface area contributed by atoms with Crippen LogP contribution in [0.5, 0.6) is 0 Å². The summed E-state index contributed by atoms with van der Waals surface area (Å²) in [5.74, 6) is 1.00. The number of hydrogen-bond donors (Lipinski definition) is 3. The van der Waals surface area contributed by atoms with Crippen molar-refractivity contribution in [3.05, 3.63) is 29.8 Å². The Morgan fingerprint density at radius 1 is 1.31 bits per heavy atom. The van der Waals surface area contributed by atoms with Crippen molar-refractivity contribution in [3.8, 4) is 0 Å². The van der Waals surface area contributed by atoms with Gasteiger partial charge in [0.2, 0.25) is 5.91 Å². The molecule has 1 amide bonds. The molecule has 2 heterocycles. The van der Waals surface area contributed by atoms with Crippen LogP contribution in [0.3, 0.4) is 0 Å². The molecule has 1 saturated heterocycles. The van der Waals surface area contributed by atoms with Crippen LogP contribution < -0.4 is 16.0 Å². The lowest BCUT2D eigenvalue weighted by Crippen LogP contribution is -2.45. The molecule has 0 spiro atoms. The minimum atomic E-state index is 0. The van der Waals surface area contributed by atoms with Crippen molar-refractivity contribution >= 4 is 41.5 Å². The van der Waals surface area contributed by atoms with E-state index in [1.54, 1.807) is 7.05 Å². The Labute approximate surface area is 172 Å². The molecule has 7 nitrogen and oxygen atoms in total. The van der Waals surface area contributed by atoms with E-state index in [2.05, 4.69) is 31.9 Å². The monoisotopic (exact) mass is 473 g/mol. The Balaban J connectivity index is 0.00000243. The van der Waals surface area contributed by atoms with E-state index < -0.39 is 0 Å². The van der Waals surface area contributed by atoms with Gasteiger partial charge in [-0.05, 0) is 11.6 Å². The van der Waals surface area contributed by atoms with Crippen LogP contribution in [0.1, 0.15) is 17.9 Å². The number of benzene rings is 1. The first-order chi connectivity index (χ1) is 12.3. The minimum absolute atomic E-state index is 0. The Hall–Kier alpha value is -1.39. The number of anilines is 1. The van der Waals surface area contributed by atoms with E-state index in [-0.39, 0.29) is 35.8 Å². The first-order valence-corrected chi connectivity index (χ1v) is 8.89. The molecular weight excluding hydrogens is 445 g/mol. The molecule has 144 valence electrons. The van der Waals surface area contributed by atoms with Crippen LogP contribution in [0.15, 0.2) is 29.3 Å². The minimum Gasteiger partial charge on any atom is -0.379 e. The number of para-hydroxylation sites is 1. The first-order valence-electron chi connectivity index (χ1n) is 8.89. The lowest BCUT2D eigenvalue weighted by atomic mass is 9.90.